The Labute approximate surface area is 178 Å². The second kappa shape index (κ2) is 8.50. The van der Waals surface area contributed by atoms with Crippen LogP contribution >= 0.6 is 0 Å². The van der Waals surface area contributed by atoms with Crippen LogP contribution in [0.3, 0.4) is 0 Å². The number of ether oxygens (including phenoxy) is 1. The fourth-order valence-electron chi connectivity index (χ4n) is 4.05. The van der Waals surface area contributed by atoms with Crippen LogP contribution in [0.25, 0.3) is 0 Å². The maximum atomic E-state index is 12.7. The van der Waals surface area contributed by atoms with Crippen LogP contribution in [-0.4, -0.2) is 35.4 Å². The van der Waals surface area contributed by atoms with E-state index < -0.39 is 6.10 Å². The zero-order valence-corrected chi connectivity index (χ0v) is 18.0. The number of fused-ring (bicyclic) bond motifs is 1. The highest BCUT2D eigenvalue weighted by Gasteiger charge is 2.32. The SMILES string of the molecule is CCC(=O)N1CCc2ccc(OC(C)C(=O)NC3CC3)cc2C1c1ccc(C)cc1. The van der Waals surface area contributed by atoms with E-state index in [0.717, 1.165) is 30.4 Å². The second-order valence-corrected chi connectivity index (χ2v) is 8.41. The Balaban J connectivity index is 1.64. The number of nitrogens with one attached hydrogen (secondary N) is 1. The van der Waals surface area contributed by atoms with Gasteiger partial charge in [0.15, 0.2) is 6.10 Å². The monoisotopic (exact) mass is 406 g/mol. The van der Waals surface area contributed by atoms with Crippen LogP contribution in [0.1, 0.15) is 61.4 Å². The summed E-state index contributed by atoms with van der Waals surface area (Å²) < 4.78 is 5.98. The minimum absolute atomic E-state index is 0.0758. The van der Waals surface area contributed by atoms with E-state index in [1.54, 1.807) is 6.92 Å². The van der Waals surface area contributed by atoms with E-state index in [1.807, 2.05) is 24.0 Å². The molecule has 2 unspecified atom stereocenters. The molecule has 2 atom stereocenters. The zero-order valence-electron chi connectivity index (χ0n) is 18.0. The Morgan fingerprint density at radius 2 is 1.90 bits per heavy atom. The first-order valence-corrected chi connectivity index (χ1v) is 10.9. The summed E-state index contributed by atoms with van der Waals surface area (Å²) in [5, 5.41) is 2.99. The van der Waals surface area contributed by atoms with Crippen LogP contribution in [0, 0.1) is 6.92 Å². The lowest BCUT2D eigenvalue weighted by atomic mass is 9.87. The predicted octanol–water partition coefficient (Wildman–Crippen LogP) is 3.93. The lowest BCUT2D eigenvalue weighted by Gasteiger charge is -2.38. The summed E-state index contributed by atoms with van der Waals surface area (Å²) >= 11 is 0. The summed E-state index contributed by atoms with van der Waals surface area (Å²) in [4.78, 5) is 27.0. The maximum absolute atomic E-state index is 12.7. The fraction of sp³-hybridized carbons (Fsp3) is 0.440. The van der Waals surface area contributed by atoms with Crippen LogP contribution < -0.4 is 10.1 Å². The summed E-state index contributed by atoms with van der Waals surface area (Å²) in [6, 6.07) is 14.6. The molecule has 1 fully saturated rings. The summed E-state index contributed by atoms with van der Waals surface area (Å²) in [6.07, 6.45) is 2.85. The van der Waals surface area contributed by atoms with Crippen molar-refractivity contribution in [2.24, 2.45) is 0 Å². The van der Waals surface area contributed by atoms with E-state index in [0.29, 0.717) is 24.8 Å². The third-order valence-corrected chi connectivity index (χ3v) is 5.97. The van der Waals surface area contributed by atoms with Crippen LogP contribution in [0.4, 0.5) is 0 Å². The molecule has 0 bridgehead atoms. The highest BCUT2D eigenvalue weighted by atomic mass is 16.5. The molecule has 1 aliphatic heterocycles. The van der Waals surface area contributed by atoms with E-state index >= 15 is 0 Å². The van der Waals surface area contributed by atoms with E-state index in [9.17, 15) is 9.59 Å². The average Bonchev–Trinajstić information content (AvgIpc) is 3.57. The quantitative estimate of drug-likeness (QED) is 0.791. The zero-order chi connectivity index (χ0) is 21.3. The van der Waals surface area contributed by atoms with Gasteiger partial charge in [-0.2, -0.15) is 0 Å². The van der Waals surface area contributed by atoms with Gasteiger partial charge in [-0.15, -0.1) is 0 Å². The molecule has 5 nitrogen and oxygen atoms in total. The lowest BCUT2D eigenvalue weighted by Crippen LogP contribution is -2.40. The molecule has 2 amide bonds. The number of hydrogen-bond donors (Lipinski definition) is 1. The number of hydrogen-bond acceptors (Lipinski definition) is 3. The molecule has 2 aromatic carbocycles. The summed E-state index contributed by atoms with van der Waals surface area (Å²) in [6.45, 7) is 6.46. The number of carbonyl (C=O) groups excluding carboxylic acids is 2. The van der Waals surface area contributed by atoms with Crippen LogP contribution in [0.2, 0.25) is 0 Å². The molecule has 158 valence electrons. The number of carbonyl (C=O) groups is 2. The first-order chi connectivity index (χ1) is 14.5. The van der Waals surface area contributed by atoms with E-state index in [1.165, 1.54) is 11.1 Å². The number of benzene rings is 2. The average molecular weight is 407 g/mol. The van der Waals surface area contributed by atoms with Gasteiger partial charge in [0.2, 0.25) is 5.91 Å². The molecule has 1 N–H and O–H groups in total. The number of nitrogens with zero attached hydrogens (tertiary/aromatic N) is 1. The molecule has 1 saturated carbocycles. The first-order valence-electron chi connectivity index (χ1n) is 10.9. The van der Waals surface area contributed by atoms with Gasteiger partial charge in [-0.25, -0.2) is 0 Å². The van der Waals surface area contributed by atoms with Gasteiger partial charge < -0.3 is 15.0 Å². The van der Waals surface area contributed by atoms with Crippen LogP contribution in [-0.2, 0) is 16.0 Å². The Bertz CT molecular complexity index is 934. The Morgan fingerprint density at radius 1 is 1.17 bits per heavy atom. The molecular formula is C25H30N2O3. The van der Waals surface area contributed by atoms with Crippen molar-refractivity contribution in [1.82, 2.24) is 10.2 Å². The van der Waals surface area contributed by atoms with Crippen molar-refractivity contribution in [2.45, 2.75) is 64.6 Å². The predicted molar refractivity (Wildman–Crippen MR) is 116 cm³/mol. The van der Waals surface area contributed by atoms with Crippen molar-refractivity contribution in [2.75, 3.05) is 6.54 Å². The molecule has 0 saturated heterocycles. The van der Waals surface area contributed by atoms with Gasteiger partial charge >= 0.3 is 0 Å². The summed E-state index contributed by atoms with van der Waals surface area (Å²) in [5.74, 6) is 0.734. The van der Waals surface area contributed by atoms with Gasteiger partial charge in [0, 0.05) is 19.0 Å². The third-order valence-electron chi connectivity index (χ3n) is 5.97. The molecule has 2 aromatic rings. The fourth-order valence-corrected chi connectivity index (χ4v) is 4.05. The number of rotatable bonds is 6. The Hall–Kier alpha value is -2.82. The van der Waals surface area contributed by atoms with Crippen molar-refractivity contribution in [3.05, 3.63) is 64.7 Å². The molecule has 0 radical (unpaired) electrons. The molecule has 4 rings (SSSR count). The highest BCUT2D eigenvalue weighted by Crippen LogP contribution is 2.37. The summed E-state index contributed by atoms with van der Waals surface area (Å²) in [5.41, 5.74) is 4.60. The normalized spacial score (nSPS) is 19.0. The van der Waals surface area contributed by atoms with Crippen molar-refractivity contribution >= 4 is 11.8 Å². The minimum Gasteiger partial charge on any atom is -0.481 e. The molecule has 2 aliphatic rings. The molecule has 1 heterocycles. The van der Waals surface area contributed by atoms with Gasteiger partial charge in [0.05, 0.1) is 6.04 Å². The highest BCUT2D eigenvalue weighted by molar-refractivity contribution is 5.81. The minimum atomic E-state index is -0.557. The van der Waals surface area contributed by atoms with E-state index in [2.05, 4.69) is 42.6 Å². The number of aryl methyl sites for hydroxylation is 1. The second-order valence-electron chi connectivity index (χ2n) is 8.41. The smallest absolute Gasteiger partial charge is 0.260 e. The first kappa shape index (κ1) is 20.5. The number of amides is 2. The van der Waals surface area contributed by atoms with Gasteiger partial charge in [-0.3, -0.25) is 9.59 Å². The van der Waals surface area contributed by atoms with Gasteiger partial charge in [0.25, 0.3) is 5.91 Å². The molecule has 0 spiro atoms. The van der Waals surface area contributed by atoms with Gasteiger partial charge in [0.1, 0.15) is 5.75 Å². The lowest BCUT2D eigenvalue weighted by molar-refractivity contribution is -0.133. The maximum Gasteiger partial charge on any atom is 0.260 e. The Morgan fingerprint density at radius 3 is 2.57 bits per heavy atom. The summed E-state index contributed by atoms with van der Waals surface area (Å²) in [7, 11) is 0. The largest absolute Gasteiger partial charge is 0.481 e. The standard InChI is InChI=1S/C25H30N2O3/c1-4-23(28)27-14-13-18-9-12-21(30-17(3)25(29)26-20-10-11-20)15-22(18)24(27)19-7-5-16(2)6-8-19/h5-9,12,15,17,20,24H,4,10-11,13-14H2,1-3H3,(H,26,29). The van der Waals surface area contributed by atoms with Crippen molar-refractivity contribution < 1.29 is 14.3 Å². The Kier molecular flexibility index (Phi) is 5.80. The molecular weight excluding hydrogens is 376 g/mol. The molecule has 1 aliphatic carbocycles. The molecule has 30 heavy (non-hydrogen) atoms. The van der Waals surface area contributed by atoms with Gasteiger partial charge in [-0.05, 0) is 61.9 Å². The van der Waals surface area contributed by atoms with Crippen molar-refractivity contribution in [3.8, 4) is 5.75 Å². The van der Waals surface area contributed by atoms with Gasteiger partial charge in [-0.1, -0.05) is 42.8 Å². The van der Waals surface area contributed by atoms with E-state index in [4.69, 9.17) is 4.74 Å². The topological polar surface area (TPSA) is 58.6 Å². The van der Waals surface area contributed by atoms with Crippen molar-refractivity contribution in [1.29, 1.82) is 0 Å². The molecule has 5 heteroatoms. The van der Waals surface area contributed by atoms with Crippen LogP contribution in [0.15, 0.2) is 42.5 Å². The van der Waals surface area contributed by atoms with Crippen molar-refractivity contribution in [3.63, 3.8) is 0 Å². The molecule has 0 aromatic heterocycles. The van der Waals surface area contributed by atoms with Crippen LogP contribution in [0.5, 0.6) is 5.75 Å². The third kappa shape index (κ3) is 4.35. The van der Waals surface area contributed by atoms with E-state index in [-0.39, 0.29) is 17.9 Å².